The van der Waals surface area contributed by atoms with Gasteiger partial charge in [-0.2, -0.15) is 0 Å². The molecule has 1 aromatic heterocycles. The predicted molar refractivity (Wildman–Crippen MR) is 118 cm³/mol. The van der Waals surface area contributed by atoms with Gasteiger partial charge in [0.05, 0.1) is 12.5 Å². The first-order valence-corrected chi connectivity index (χ1v) is 11.0. The number of hydrogen-bond acceptors (Lipinski definition) is 5. The largest absolute Gasteiger partial charge is 0.369 e. The van der Waals surface area contributed by atoms with Crippen LogP contribution in [0.4, 0.5) is 5.69 Å². The molecular weight excluding hydrogens is 400 g/mol. The van der Waals surface area contributed by atoms with Gasteiger partial charge in [-0.3, -0.25) is 19.3 Å². The molecule has 3 amide bonds. The van der Waals surface area contributed by atoms with Crippen molar-refractivity contribution in [1.82, 2.24) is 10.2 Å². The van der Waals surface area contributed by atoms with E-state index in [0.29, 0.717) is 0 Å². The number of thiophene rings is 1. The van der Waals surface area contributed by atoms with Gasteiger partial charge >= 0.3 is 0 Å². The molecule has 1 aliphatic heterocycles. The van der Waals surface area contributed by atoms with Crippen molar-refractivity contribution >= 4 is 34.7 Å². The van der Waals surface area contributed by atoms with E-state index >= 15 is 0 Å². The van der Waals surface area contributed by atoms with Crippen molar-refractivity contribution in [2.75, 3.05) is 18.4 Å². The fourth-order valence-electron chi connectivity index (χ4n) is 3.74. The van der Waals surface area contributed by atoms with E-state index in [1.54, 1.807) is 0 Å². The Morgan fingerprint density at radius 2 is 1.97 bits per heavy atom. The Balaban J connectivity index is 1.56. The zero-order valence-electron chi connectivity index (χ0n) is 17.1. The quantitative estimate of drug-likeness (QED) is 0.601. The first-order valence-electron chi connectivity index (χ1n) is 10.1. The van der Waals surface area contributed by atoms with E-state index in [2.05, 4.69) is 15.5 Å². The number of rotatable bonds is 8. The average Bonchev–Trinajstić information content (AvgIpc) is 3.22. The monoisotopic (exact) mass is 428 g/mol. The number of carbonyl (C=O) groups excluding carboxylic acids is 3. The van der Waals surface area contributed by atoms with E-state index in [4.69, 9.17) is 5.73 Å². The molecule has 0 radical (unpaired) electrons. The minimum atomic E-state index is -0.336. The Labute approximate surface area is 180 Å². The van der Waals surface area contributed by atoms with Crippen molar-refractivity contribution in [2.45, 2.75) is 38.8 Å². The molecule has 1 atom stereocenters. The fourth-order valence-corrected chi connectivity index (χ4v) is 4.51. The highest BCUT2D eigenvalue weighted by molar-refractivity contribution is 7.10. The second-order valence-corrected chi connectivity index (χ2v) is 8.65. The van der Waals surface area contributed by atoms with Gasteiger partial charge in [0.2, 0.25) is 17.7 Å². The molecule has 8 heteroatoms. The van der Waals surface area contributed by atoms with Crippen LogP contribution < -0.4 is 16.4 Å². The van der Waals surface area contributed by atoms with Gasteiger partial charge in [-0.25, -0.2) is 0 Å². The Morgan fingerprint density at radius 3 is 2.60 bits per heavy atom. The van der Waals surface area contributed by atoms with Gasteiger partial charge in [-0.05, 0) is 55.1 Å². The molecule has 3 rings (SSSR count). The number of nitrogens with one attached hydrogen (secondary N) is 2. The number of primary amides is 1. The Hall–Kier alpha value is -2.71. The van der Waals surface area contributed by atoms with E-state index in [9.17, 15) is 14.4 Å². The highest BCUT2D eigenvalue weighted by atomic mass is 32.1. The van der Waals surface area contributed by atoms with Crippen molar-refractivity contribution in [3.8, 4) is 0 Å². The zero-order chi connectivity index (χ0) is 21.5. The number of benzene rings is 1. The van der Waals surface area contributed by atoms with Gasteiger partial charge in [-0.1, -0.05) is 18.2 Å². The summed E-state index contributed by atoms with van der Waals surface area (Å²) in [5, 5.41) is 7.72. The number of hydrogen-bond donors (Lipinski definition) is 3. The van der Waals surface area contributed by atoms with Gasteiger partial charge < -0.3 is 16.4 Å². The van der Waals surface area contributed by atoms with E-state index in [-0.39, 0.29) is 36.1 Å². The third kappa shape index (κ3) is 6.40. The van der Waals surface area contributed by atoms with Crippen molar-refractivity contribution < 1.29 is 14.4 Å². The Kier molecular flexibility index (Phi) is 7.59. The molecule has 0 spiro atoms. The maximum Gasteiger partial charge on any atom is 0.226 e. The molecular formula is C22H28N4O3S. The Morgan fingerprint density at radius 1 is 1.20 bits per heavy atom. The van der Waals surface area contributed by atoms with Gasteiger partial charge in [0.1, 0.15) is 0 Å². The van der Waals surface area contributed by atoms with E-state index in [1.807, 2.05) is 41.8 Å². The van der Waals surface area contributed by atoms with E-state index < -0.39 is 0 Å². The lowest BCUT2D eigenvalue weighted by atomic mass is 9.96. The number of amides is 3. The summed E-state index contributed by atoms with van der Waals surface area (Å²) in [7, 11) is 0. The minimum Gasteiger partial charge on any atom is -0.369 e. The number of likely N-dealkylation sites (tertiary alicyclic amines) is 1. The molecule has 2 heterocycles. The summed E-state index contributed by atoms with van der Waals surface area (Å²) >= 11 is 1.52. The molecule has 7 nitrogen and oxygen atoms in total. The molecule has 1 unspecified atom stereocenters. The van der Waals surface area contributed by atoms with Gasteiger partial charge in [0.25, 0.3) is 0 Å². The topological polar surface area (TPSA) is 105 Å². The standard InChI is InChI=1S/C22H28N4O3S/c1-15(27)24-19(20-6-3-11-30-20)13-21(28)25-18-5-2-4-16(12-18)14-26-9-7-17(8-10-26)22(23)29/h2-6,11-12,17,19H,7-10,13-14H2,1H3,(H2,23,29)(H,24,27)(H,25,28). The summed E-state index contributed by atoms with van der Waals surface area (Å²) in [6.07, 6.45) is 1.75. The van der Waals surface area contributed by atoms with E-state index in [1.165, 1.54) is 18.3 Å². The first kappa shape index (κ1) is 22.0. The summed E-state index contributed by atoms with van der Waals surface area (Å²) in [5.74, 6) is -0.545. The van der Waals surface area contributed by atoms with Crippen molar-refractivity contribution in [3.63, 3.8) is 0 Å². The number of carbonyl (C=O) groups is 3. The van der Waals surface area contributed by atoms with Crippen LogP contribution in [0.5, 0.6) is 0 Å². The van der Waals surface area contributed by atoms with E-state index in [0.717, 1.165) is 48.6 Å². The zero-order valence-corrected chi connectivity index (χ0v) is 17.9. The maximum absolute atomic E-state index is 12.6. The summed E-state index contributed by atoms with van der Waals surface area (Å²) in [5.41, 5.74) is 7.24. The van der Waals surface area contributed by atoms with Gasteiger partial charge in [0.15, 0.2) is 0 Å². The molecule has 0 aliphatic carbocycles. The lowest BCUT2D eigenvalue weighted by Gasteiger charge is -2.30. The number of nitrogens with zero attached hydrogens (tertiary/aromatic N) is 1. The fraction of sp³-hybridized carbons (Fsp3) is 0.409. The summed E-state index contributed by atoms with van der Waals surface area (Å²) in [6, 6.07) is 11.3. The summed E-state index contributed by atoms with van der Waals surface area (Å²) < 4.78 is 0. The molecule has 4 N–H and O–H groups in total. The number of nitrogens with two attached hydrogens (primary N) is 1. The summed E-state index contributed by atoms with van der Waals surface area (Å²) in [4.78, 5) is 38.7. The van der Waals surface area contributed by atoms with Crippen LogP contribution in [0.2, 0.25) is 0 Å². The molecule has 160 valence electrons. The van der Waals surface area contributed by atoms with Crippen molar-refractivity contribution in [2.24, 2.45) is 11.7 Å². The molecule has 0 saturated carbocycles. The highest BCUT2D eigenvalue weighted by Crippen LogP contribution is 2.23. The van der Waals surface area contributed by atoms with Crippen LogP contribution in [0.3, 0.4) is 0 Å². The van der Waals surface area contributed by atoms with Crippen LogP contribution >= 0.6 is 11.3 Å². The highest BCUT2D eigenvalue weighted by Gasteiger charge is 2.23. The minimum absolute atomic E-state index is 0.0215. The average molecular weight is 429 g/mol. The smallest absolute Gasteiger partial charge is 0.226 e. The SMILES string of the molecule is CC(=O)NC(CC(=O)Nc1cccc(CN2CCC(C(N)=O)CC2)c1)c1cccs1. The first-order chi connectivity index (χ1) is 14.4. The molecule has 1 saturated heterocycles. The summed E-state index contributed by atoms with van der Waals surface area (Å²) in [6.45, 7) is 3.89. The van der Waals surface area contributed by atoms with Gasteiger partial charge in [-0.15, -0.1) is 11.3 Å². The van der Waals surface area contributed by atoms with Crippen molar-refractivity contribution in [3.05, 3.63) is 52.2 Å². The van der Waals surface area contributed by atoms with Crippen LogP contribution in [-0.4, -0.2) is 35.7 Å². The van der Waals surface area contributed by atoms with Crippen LogP contribution in [0, 0.1) is 5.92 Å². The normalized spacial score (nSPS) is 16.0. The lowest BCUT2D eigenvalue weighted by Crippen LogP contribution is -2.38. The molecule has 30 heavy (non-hydrogen) atoms. The number of piperidine rings is 1. The third-order valence-electron chi connectivity index (χ3n) is 5.26. The van der Waals surface area contributed by atoms with Crippen LogP contribution in [-0.2, 0) is 20.9 Å². The molecule has 2 aromatic rings. The Bertz CT molecular complexity index is 876. The number of anilines is 1. The second kappa shape index (κ2) is 10.4. The van der Waals surface area contributed by atoms with Crippen molar-refractivity contribution in [1.29, 1.82) is 0 Å². The predicted octanol–water partition coefficient (Wildman–Crippen LogP) is 2.65. The van der Waals surface area contributed by atoms with Crippen LogP contribution in [0.15, 0.2) is 41.8 Å². The maximum atomic E-state index is 12.6. The van der Waals surface area contributed by atoms with Crippen LogP contribution in [0.25, 0.3) is 0 Å². The van der Waals surface area contributed by atoms with Crippen LogP contribution in [0.1, 0.15) is 42.7 Å². The lowest BCUT2D eigenvalue weighted by molar-refractivity contribution is -0.123. The van der Waals surface area contributed by atoms with Gasteiger partial charge in [0, 0.05) is 30.0 Å². The second-order valence-electron chi connectivity index (χ2n) is 7.67. The molecule has 1 aliphatic rings. The molecule has 1 fully saturated rings. The third-order valence-corrected chi connectivity index (χ3v) is 6.25. The molecule has 1 aromatic carbocycles. The molecule has 0 bridgehead atoms.